The van der Waals surface area contributed by atoms with Crippen molar-refractivity contribution in [2.24, 2.45) is 0 Å². The number of ether oxygens (including phenoxy) is 1. The van der Waals surface area contributed by atoms with Gasteiger partial charge < -0.3 is 10.1 Å². The molecule has 0 fully saturated rings. The number of hydrogen-bond donors (Lipinski definition) is 1. The summed E-state index contributed by atoms with van der Waals surface area (Å²) in [6.07, 6.45) is 1.84. The largest absolute Gasteiger partial charge is 0.492 e. The van der Waals surface area contributed by atoms with Crippen molar-refractivity contribution in [2.75, 3.05) is 19.7 Å². The number of para-hydroxylation sites is 1. The molecule has 0 aliphatic rings. The zero-order valence-electron chi connectivity index (χ0n) is 8.62. The quantitative estimate of drug-likeness (QED) is 0.549. The molecule has 0 saturated heterocycles. The maximum absolute atomic E-state index is 5.59. The van der Waals surface area contributed by atoms with E-state index in [4.69, 9.17) is 4.74 Å². The van der Waals surface area contributed by atoms with Gasteiger partial charge in [-0.2, -0.15) is 0 Å². The van der Waals surface area contributed by atoms with Gasteiger partial charge in [-0.15, -0.1) is 6.58 Å². The van der Waals surface area contributed by atoms with Gasteiger partial charge in [0.25, 0.3) is 0 Å². The summed E-state index contributed by atoms with van der Waals surface area (Å²) in [6.45, 7) is 8.05. The fourth-order valence-electron chi connectivity index (χ4n) is 1.16. The molecule has 0 unspecified atom stereocenters. The van der Waals surface area contributed by atoms with Gasteiger partial charge in [0.15, 0.2) is 0 Å². The van der Waals surface area contributed by atoms with E-state index in [2.05, 4.69) is 11.9 Å². The van der Waals surface area contributed by atoms with E-state index in [0.717, 1.165) is 18.8 Å². The van der Waals surface area contributed by atoms with Crippen LogP contribution in [0.3, 0.4) is 0 Å². The molecule has 1 N–H and O–H groups in total. The molecule has 0 aliphatic carbocycles. The standard InChI is InChI=1S/C12H17NO/c1-3-8-13-9-10-14-12-7-5-4-6-11(12)2/h3-7,13H,1,8-10H2,2H3. The Balaban J connectivity index is 2.24. The van der Waals surface area contributed by atoms with E-state index in [1.165, 1.54) is 5.56 Å². The Bertz CT molecular complexity index is 283. The summed E-state index contributed by atoms with van der Waals surface area (Å²) >= 11 is 0. The molecule has 1 aromatic carbocycles. The first-order chi connectivity index (χ1) is 6.84. The van der Waals surface area contributed by atoms with Crippen LogP contribution in [0.15, 0.2) is 36.9 Å². The predicted octanol–water partition coefficient (Wildman–Crippen LogP) is 2.15. The zero-order chi connectivity index (χ0) is 10.2. The predicted molar refractivity (Wildman–Crippen MR) is 59.7 cm³/mol. The molecule has 0 aromatic heterocycles. The molecule has 2 heteroatoms. The molecule has 0 atom stereocenters. The normalized spacial score (nSPS) is 9.79. The van der Waals surface area contributed by atoms with Crippen molar-refractivity contribution in [1.82, 2.24) is 5.32 Å². The average Bonchev–Trinajstić information content (AvgIpc) is 2.20. The molecule has 76 valence electrons. The molecule has 0 aliphatic heterocycles. The fourth-order valence-corrected chi connectivity index (χ4v) is 1.16. The maximum Gasteiger partial charge on any atom is 0.122 e. The van der Waals surface area contributed by atoms with E-state index in [9.17, 15) is 0 Å². The SMILES string of the molecule is C=CCNCCOc1ccccc1C. The Morgan fingerprint density at radius 2 is 2.21 bits per heavy atom. The molecule has 0 saturated carbocycles. The van der Waals surface area contributed by atoms with Crippen LogP contribution in [0.5, 0.6) is 5.75 Å². The smallest absolute Gasteiger partial charge is 0.122 e. The van der Waals surface area contributed by atoms with E-state index in [1.807, 2.05) is 37.3 Å². The second-order valence-electron chi connectivity index (χ2n) is 3.11. The van der Waals surface area contributed by atoms with Gasteiger partial charge in [0.05, 0.1) is 0 Å². The van der Waals surface area contributed by atoms with Crippen LogP contribution >= 0.6 is 0 Å². The number of nitrogens with one attached hydrogen (secondary N) is 1. The van der Waals surface area contributed by atoms with Crippen LogP contribution in [-0.2, 0) is 0 Å². The van der Waals surface area contributed by atoms with Crippen LogP contribution in [0.25, 0.3) is 0 Å². The highest BCUT2D eigenvalue weighted by Crippen LogP contribution is 2.15. The summed E-state index contributed by atoms with van der Waals surface area (Å²) in [6, 6.07) is 8.03. The monoisotopic (exact) mass is 191 g/mol. The third-order valence-corrected chi connectivity index (χ3v) is 1.92. The van der Waals surface area contributed by atoms with Crippen molar-refractivity contribution in [3.8, 4) is 5.75 Å². The van der Waals surface area contributed by atoms with Crippen molar-refractivity contribution in [3.63, 3.8) is 0 Å². The second-order valence-corrected chi connectivity index (χ2v) is 3.11. The average molecular weight is 191 g/mol. The minimum Gasteiger partial charge on any atom is -0.492 e. The lowest BCUT2D eigenvalue weighted by atomic mass is 10.2. The first-order valence-corrected chi connectivity index (χ1v) is 4.84. The molecule has 1 rings (SSSR count). The maximum atomic E-state index is 5.59. The topological polar surface area (TPSA) is 21.3 Å². The van der Waals surface area contributed by atoms with Gasteiger partial charge in [-0.25, -0.2) is 0 Å². The van der Waals surface area contributed by atoms with Crippen LogP contribution in [0, 0.1) is 6.92 Å². The van der Waals surface area contributed by atoms with Gasteiger partial charge in [0.2, 0.25) is 0 Å². The van der Waals surface area contributed by atoms with Crippen LogP contribution in [-0.4, -0.2) is 19.7 Å². The van der Waals surface area contributed by atoms with E-state index in [1.54, 1.807) is 0 Å². The molecule has 2 nitrogen and oxygen atoms in total. The van der Waals surface area contributed by atoms with Crippen molar-refractivity contribution >= 4 is 0 Å². The Morgan fingerprint density at radius 1 is 1.43 bits per heavy atom. The molecule has 0 spiro atoms. The highest BCUT2D eigenvalue weighted by molar-refractivity contribution is 5.31. The lowest BCUT2D eigenvalue weighted by molar-refractivity contribution is 0.314. The third-order valence-electron chi connectivity index (χ3n) is 1.92. The Labute approximate surface area is 85.6 Å². The minimum atomic E-state index is 0.693. The van der Waals surface area contributed by atoms with Gasteiger partial charge in [-0.1, -0.05) is 24.3 Å². The summed E-state index contributed by atoms with van der Waals surface area (Å²) in [4.78, 5) is 0. The van der Waals surface area contributed by atoms with Gasteiger partial charge in [-0.05, 0) is 18.6 Å². The summed E-state index contributed by atoms with van der Waals surface area (Å²) in [5.74, 6) is 0.966. The minimum absolute atomic E-state index is 0.693. The van der Waals surface area contributed by atoms with Crippen molar-refractivity contribution in [3.05, 3.63) is 42.5 Å². The number of rotatable bonds is 6. The van der Waals surface area contributed by atoms with Gasteiger partial charge in [0, 0.05) is 13.1 Å². The van der Waals surface area contributed by atoms with Crippen LogP contribution in [0.1, 0.15) is 5.56 Å². The van der Waals surface area contributed by atoms with Gasteiger partial charge in [0.1, 0.15) is 12.4 Å². The molecule has 1 aromatic rings. The lowest BCUT2D eigenvalue weighted by Crippen LogP contribution is -2.20. The van der Waals surface area contributed by atoms with E-state index in [0.29, 0.717) is 6.61 Å². The van der Waals surface area contributed by atoms with E-state index < -0.39 is 0 Å². The van der Waals surface area contributed by atoms with Crippen molar-refractivity contribution in [2.45, 2.75) is 6.92 Å². The number of hydrogen-bond acceptors (Lipinski definition) is 2. The summed E-state index contributed by atoms with van der Waals surface area (Å²) in [7, 11) is 0. The lowest BCUT2D eigenvalue weighted by Gasteiger charge is -2.08. The Morgan fingerprint density at radius 3 is 2.93 bits per heavy atom. The molecule has 0 radical (unpaired) electrons. The zero-order valence-corrected chi connectivity index (χ0v) is 8.62. The molecular formula is C12H17NO. The number of aryl methyl sites for hydroxylation is 1. The van der Waals surface area contributed by atoms with Crippen molar-refractivity contribution in [1.29, 1.82) is 0 Å². The van der Waals surface area contributed by atoms with E-state index in [-0.39, 0.29) is 0 Å². The molecule has 14 heavy (non-hydrogen) atoms. The van der Waals surface area contributed by atoms with Gasteiger partial charge >= 0.3 is 0 Å². The fraction of sp³-hybridized carbons (Fsp3) is 0.333. The second kappa shape index (κ2) is 6.22. The van der Waals surface area contributed by atoms with Crippen molar-refractivity contribution < 1.29 is 4.74 Å². The molecule has 0 bridgehead atoms. The summed E-state index contributed by atoms with van der Waals surface area (Å²) in [5.41, 5.74) is 1.18. The summed E-state index contributed by atoms with van der Waals surface area (Å²) in [5, 5.41) is 3.18. The van der Waals surface area contributed by atoms with E-state index >= 15 is 0 Å². The Kier molecular flexibility index (Phi) is 4.79. The molecule has 0 heterocycles. The third kappa shape index (κ3) is 3.62. The van der Waals surface area contributed by atoms with Crippen LogP contribution in [0.4, 0.5) is 0 Å². The van der Waals surface area contributed by atoms with Crippen LogP contribution in [0.2, 0.25) is 0 Å². The summed E-state index contributed by atoms with van der Waals surface area (Å²) < 4.78 is 5.59. The van der Waals surface area contributed by atoms with Gasteiger partial charge in [-0.3, -0.25) is 0 Å². The highest BCUT2D eigenvalue weighted by Gasteiger charge is 1.95. The molecule has 0 amide bonds. The Hall–Kier alpha value is -1.28. The number of benzene rings is 1. The first kappa shape index (κ1) is 10.8. The highest BCUT2D eigenvalue weighted by atomic mass is 16.5. The van der Waals surface area contributed by atoms with Crippen LogP contribution < -0.4 is 10.1 Å². The first-order valence-electron chi connectivity index (χ1n) is 4.84. The molecular weight excluding hydrogens is 174 g/mol.